The number of phosphoric acid groups is 8. The van der Waals surface area contributed by atoms with Crippen molar-refractivity contribution in [3.05, 3.63) is 131 Å². The molecule has 4 aromatic heterocycles. The van der Waals surface area contributed by atoms with Crippen molar-refractivity contribution in [3.8, 4) is 0 Å². The number of nitrogens with zero attached hydrogens (tertiary/aromatic N) is 4. The normalized spacial score (nSPS) is 36.4. The molecule has 856 valence electrons. The Morgan fingerprint density at radius 3 is 0.858 bits per heavy atom. The molecule has 18 unspecified atom stereocenters. The van der Waals surface area contributed by atoms with Crippen molar-refractivity contribution in [1.82, 2.24) is 38.2 Å². The van der Waals surface area contributed by atoms with Gasteiger partial charge in [0.05, 0.1) is 110 Å². The highest BCUT2D eigenvalue weighted by molar-refractivity contribution is 7.81. The number of aliphatic hydroxyl groups excluding tert-OH is 18. The van der Waals surface area contributed by atoms with E-state index in [4.69, 9.17) is 48.1 Å². The number of aliphatic hydroxyl groups is 18. The van der Waals surface area contributed by atoms with Crippen LogP contribution in [-0.4, -0.2) is 383 Å². The predicted molar refractivity (Wildman–Crippen MR) is 487 cm³/mol. The third kappa shape index (κ3) is 35.6. The van der Waals surface area contributed by atoms with Crippen LogP contribution in [0.25, 0.3) is 0 Å². The van der Waals surface area contributed by atoms with E-state index in [0.717, 1.165) is 42.8 Å². The molecule has 42 atom stereocenters. The molecule has 26 N–H and O–H groups in total. The Labute approximate surface area is 852 Å². The van der Waals surface area contributed by atoms with E-state index in [1.807, 2.05) is 9.97 Å². The van der Waals surface area contributed by atoms with Gasteiger partial charge in [-0.05, 0) is 13.8 Å². The lowest BCUT2D eigenvalue weighted by Gasteiger charge is -2.41. The van der Waals surface area contributed by atoms with Gasteiger partial charge >= 0.3 is 54.0 Å². The highest BCUT2D eigenvalue weighted by Gasteiger charge is 2.54. The smallest absolute Gasteiger partial charge is 0.478 e. The van der Waals surface area contributed by atoms with Crippen LogP contribution < -0.4 is 64.6 Å². The van der Waals surface area contributed by atoms with Gasteiger partial charge in [0.1, 0.15) is 110 Å². The number of hydrogen-bond donors (Lipinski definition) is 30. The number of aromatic amines is 4. The molecular weight excluding hydrogens is 2270 g/mol. The lowest BCUT2D eigenvalue weighted by atomic mass is 10.0. The summed E-state index contributed by atoms with van der Waals surface area (Å²) in [6, 6.07) is 1.87. The van der Waals surface area contributed by atoms with Crippen LogP contribution in [0.4, 0.5) is 0 Å². The van der Waals surface area contributed by atoms with Crippen molar-refractivity contribution >= 4 is 113 Å². The van der Waals surface area contributed by atoms with Crippen LogP contribution >= 0.6 is 113 Å². The van der Waals surface area contributed by atoms with E-state index in [1.54, 1.807) is 0 Å². The summed E-state index contributed by atoms with van der Waals surface area (Å²) in [6.45, 7) is -4.14. The van der Waals surface area contributed by atoms with Crippen molar-refractivity contribution in [2.45, 2.75) is 262 Å². The van der Waals surface area contributed by atoms with Gasteiger partial charge in [0.25, 0.3) is 53.5 Å². The average molecular weight is 2390 g/mol. The minimum absolute atomic E-state index is 0. The first-order valence-corrected chi connectivity index (χ1v) is 54.4. The summed E-state index contributed by atoms with van der Waals surface area (Å²) in [7, 11) is -44.7. The van der Waals surface area contributed by atoms with E-state index >= 15 is 0 Å². The number of thiol groups is 4. The molecule has 8 fully saturated rings. The van der Waals surface area contributed by atoms with Gasteiger partial charge in [0, 0.05) is 60.9 Å². The first-order valence-electron chi connectivity index (χ1n) is 40.5. The molecule has 12 rings (SSSR count). The molecule has 82 heteroatoms. The van der Waals surface area contributed by atoms with E-state index in [1.165, 1.54) is 26.2 Å². The van der Waals surface area contributed by atoms with Crippen LogP contribution in [0.15, 0.2) is 75.3 Å². The number of nitrogens with one attached hydrogen (secondary N) is 4. The van der Waals surface area contributed by atoms with Gasteiger partial charge in [0.15, 0.2) is 37.6 Å². The van der Waals surface area contributed by atoms with Crippen LogP contribution in [0, 0.1) is 13.8 Å². The summed E-state index contributed by atoms with van der Waals surface area (Å²) in [5, 5.41) is 171. The van der Waals surface area contributed by atoms with Crippen molar-refractivity contribution < 1.29 is 259 Å². The maximum atomic E-state index is 12.2. The minimum atomic E-state index is -5.77. The average Bonchev–Trinajstić information content (AvgIpc) is 1.75. The van der Waals surface area contributed by atoms with Crippen molar-refractivity contribution in [2.24, 2.45) is 0 Å². The first kappa shape index (κ1) is 135. The predicted octanol–water partition coefficient (Wildman–Crippen LogP) is -12.7. The van der Waals surface area contributed by atoms with Crippen molar-refractivity contribution in [2.75, 3.05) is 52.9 Å². The number of aryl methyl sites for hydroxylation is 2. The highest BCUT2D eigenvalue weighted by atomic mass is 32.1. The molecule has 8 aliphatic heterocycles. The fourth-order valence-corrected chi connectivity index (χ4v) is 23.6. The summed E-state index contributed by atoms with van der Waals surface area (Å²) in [6.07, 6.45) is -43.7. The molecule has 148 heavy (non-hydrogen) atoms. The molecule has 70 nitrogen and oxygen atoms in total. The van der Waals surface area contributed by atoms with Gasteiger partial charge in [-0.2, -0.15) is 50.5 Å². The molecular formula is C66H112N8O62P8S4-4. The Morgan fingerprint density at radius 1 is 0.331 bits per heavy atom. The van der Waals surface area contributed by atoms with Gasteiger partial charge in [-0.1, -0.05) is 29.7 Å². The van der Waals surface area contributed by atoms with Crippen molar-refractivity contribution in [1.29, 1.82) is 0 Å². The zero-order chi connectivity index (χ0) is 108. The van der Waals surface area contributed by atoms with E-state index < -0.39 is 366 Å². The lowest BCUT2D eigenvalue weighted by molar-refractivity contribution is -0.279. The number of H-pyrrole nitrogens is 4. The minimum Gasteiger partial charge on any atom is -0.756 e. The molecule has 0 aliphatic carbocycles. The maximum Gasteiger partial charge on any atom is 0.478 e. The number of hydrogen-bond acceptors (Lipinski definition) is 62. The number of ether oxygens (including phenoxy) is 8. The van der Waals surface area contributed by atoms with Crippen LogP contribution in [0.1, 0.15) is 78.6 Å². The van der Waals surface area contributed by atoms with Gasteiger partial charge in [0.2, 0.25) is 0 Å². The van der Waals surface area contributed by atoms with Gasteiger partial charge < -0.3 is 169 Å². The zero-order valence-electron chi connectivity index (χ0n) is 72.5. The number of rotatable bonds is 36. The summed E-state index contributed by atoms with van der Waals surface area (Å²) < 4.78 is 194. The van der Waals surface area contributed by atoms with Gasteiger partial charge in [-0.15, -0.1) is 0 Å². The quantitative estimate of drug-likeness (QED) is 0.0148. The second-order valence-electron chi connectivity index (χ2n) is 31.3. The number of phosphoric ester groups is 8. The SMILES string of the molecule is C.C.C.C.Cc1cn([C@H]2C[C@@H](O)[C@@H](COP(=O)(O)OP(=O)([O-])O[C@H]3OC(CO)[C@@H](O)[C@H](O)C3S)O2)c(=O)[nH]c1=O.Cc1cn([C@H]2C[C@@H](O)[C@@H](COP(=O)(O)OP(=O)([O-])O[C@H]3OC(CO)[C@@H](O)[C@H](S)C3O)O2)c(=O)[nH]c1=O.O=c1ccn([C@@H]2O[C@H](COP(=O)(O)OP(=O)([O-])O[C@H]3OC(CO)[C@@H](O)[C@H](O)C3S)[C@H](O)C2O)c(=O)[nH]1.O=c1ccn([C@@H]2O[C@H](COP(=O)(O)OP(=O)([O-])O[C@H]3OC(CO)[C@@H](O)[C@H](S)C3O)[C@H](O)C2O)c(=O)[nH]1. The number of aromatic nitrogens is 8. The molecule has 8 aliphatic rings. The largest absolute Gasteiger partial charge is 0.756 e. The zero-order valence-corrected chi connectivity index (χ0v) is 83.2. The fraction of sp³-hybridized carbons (Fsp3) is 0.758. The molecule has 12 heterocycles. The summed E-state index contributed by atoms with van der Waals surface area (Å²) in [5.74, 6) is 0. The van der Waals surface area contributed by atoms with E-state index in [0.29, 0.717) is 0 Å². The summed E-state index contributed by atoms with van der Waals surface area (Å²) in [4.78, 5) is 189. The molecule has 0 amide bonds. The Bertz CT molecular complexity index is 5600. The summed E-state index contributed by atoms with van der Waals surface area (Å²) in [5.41, 5.74) is -5.98. The van der Waals surface area contributed by atoms with Gasteiger partial charge in [-0.3, -0.25) is 112 Å². The second-order valence-corrected chi connectivity index (χ2v) is 45.5. The van der Waals surface area contributed by atoms with Crippen LogP contribution in [0.2, 0.25) is 0 Å². The topological polar surface area (TPSA) is 1080 Å². The van der Waals surface area contributed by atoms with E-state index in [9.17, 15) is 196 Å². The second kappa shape index (κ2) is 55.5. The molecule has 0 saturated carbocycles. The molecule has 4 aromatic rings. The van der Waals surface area contributed by atoms with E-state index in [2.05, 4.69) is 114 Å². The van der Waals surface area contributed by atoms with E-state index in [-0.39, 0.29) is 53.7 Å². The van der Waals surface area contributed by atoms with Crippen LogP contribution in [0.3, 0.4) is 0 Å². The Hall–Kier alpha value is -3.88. The standard InChI is InChI=1S/2C16H26N2O15P2S.2C15H24N2O16P2S.4CH4/c1-6-3-18(16(24)17-14(6)23)10-2-7(20)9(30-10)5-29-34(25,26)33-35(27,28)32-15-12(22)13(36)11(21)8(4-19)31-15;1-6-3-18(16(24)17-14(6)23)10-2-7(20)9(30-10)5-29-34(25,26)33-35(27,28)32-15-13(36)12(22)11(21)8(4-19)31-15;18-3-5-9(21)12(36)11(23)14(31-5)32-35(27,28)33-34(25,26)29-4-6-8(20)10(22)13(30-6)17-2-1-7(19)16-15(17)24;18-3-5-8(20)10(22)12(36)14(31-5)32-35(27,28)33-34(25,26)29-4-6-9(21)11(23)13(30-6)17-2-1-7(19)16-15(17)24;;;;/h2*3,7-13,15,19-22,36H,2,4-5H2,1H3,(H,25,26)(H,27,28)(H,17,23,24);2*1-2,5-6,8-14,18,20-23,36H,3-4H2,(H,25,26)(H,27,28)(H,16,19,24);4*1H4/p-4/t7-,8?,9-,10-,11-,12?,13+,15-;7-,8?,9-,10-,11-,12+,13?,15-;5?,6-,8+,9-,10?,11?,12+,13-,14-;5?,6-,8-,9+,10+,11?,12?,13-,14-;;;;/m1111..../s1. The molecule has 8 saturated heterocycles. The Balaban J connectivity index is 0.000000344. The third-order valence-corrected chi connectivity index (χ3v) is 33.6. The third-order valence-electron chi connectivity index (χ3n) is 21.0. The maximum absolute atomic E-state index is 12.2. The van der Waals surface area contributed by atoms with Crippen LogP contribution in [0.5, 0.6) is 0 Å². The Kier molecular flexibility index (Phi) is 50.5. The summed E-state index contributed by atoms with van der Waals surface area (Å²) >= 11 is 15.5. The van der Waals surface area contributed by atoms with Crippen LogP contribution in [-0.2, 0) is 128 Å². The monoisotopic (exact) mass is 2380 g/mol. The van der Waals surface area contributed by atoms with Gasteiger partial charge in [-0.25, -0.2) is 54.7 Å². The fourth-order valence-electron chi connectivity index (χ4n) is 13.6. The molecule has 0 aromatic carbocycles. The lowest BCUT2D eigenvalue weighted by Crippen LogP contribution is -2.57. The van der Waals surface area contributed by atoms with Crippen molar-refractivity contribution in [3.63, 3.8) is 0 Å². The highest BCUT2D eigenvalue weighted by Crippen LogP contribution is 2.64. The molecule has 0 radical (unpaired) electrons. The molecule has 0 spiro atoms. The Morgan fingerprint density at radius 2 is 0.581 bits per heavy atom. The molecule has 0 bridgehead atoms. The first-order chi connectivity index (χ1) is 66.6.